The predicted octanol–water partition coefficient (Wildman–Crippen LogP) is 3.83. The van der Waals surface area contributed by atoms with Gasteiger partial charge in [-0.05, 0) is 48.2 Å². The van der Waals surface area contributed by atoms with Crippen LogP contribution in [0.2, 0.25) is 5.02 Å². The van der Waals surface area contributed by atoms with Gasteiger partial charge < -0.3 is 15.5 Å². The zero-order valence-corrected chi connectivity index (χ0v) is 15.3. The second kappa shape index (κ2) is 8.72. The number of carbonyl (C=O) groups excluding carboxylic acids is 2. The minimum atomic E-state index is -0.0635. The summed E-state index contributed by atoms with van der Waals surface area (Å²) in [7, 11) is 0. The van der Waals surface area contributed by atoms with Crippen LogP contribution in [0.15, 0.2) is 48.5 Å². The van der Waals surface area contributed by atoms with Crippen LogP contribution in [0.5, 0.6) is 0 Å². The van der Waals surface area contributed by atoms with Gasteiger partial charge in [-0.3, -0.25) is 4.79 Å². The van der Waals surface area contributed by atoms with Crippen LogP contribution in [0.25, 0.3) is 0 Å². The van der Waals surface area contributed by atoms with Crippen molar-refractivity contribution in [3.8, 4) is 0 Å². The molecule has 0 saturated carbocycles. The van der Waals surface area contributed by atoms with E-state index in [4.69, 9.17) is 11.6 Å². The topological polar surface area (TPSA) is 61.4 Å². The molecule has 0 bridgehead atoms. The number of hydrogen-bond donors (Lipinski definition) is 2. The van der Waals surface area contributed by atoms with Crippen LogP contribution in [0, 0.1) is 0 Å². The van der Waals surface area contributed by atoms with E-state index in [0.717, 1.165) is 42.7 Å². The van der Waals surface area contributed by atoms with E-state index in [2.05, 4.69) is 10.6 Å². The van der Waals surface area contributed by atoms with Gasteiger partial charge in [-0.1, -0.05) is 35.9 Å². The Bertz CT molecular complexity index is 771. The first-order valence-corrected chi connectivity index (χ1v) is 9.14. The van der Waals surface area contributed by atoms with Gasteiger partial charge >= 0.3 is 6.03 Å². The molecule has 0 aromatic heterocycles. The number of benzene rings is 2. The summed E-state index contributed by atoms with van der Waals surface area (Å²) in [4.78, 5) is 26.1. The average Bonchev–Trinajstić information content (AvgIpc) is 3.17. The van der Waals surface area contributed by atoms with E-state index in [0.29, 0.717) is 18.0 Å². The minimum absolute atomic E-state index is 0.0566. The summed E-state index contributed by atoms with van der Waals surface area (Å²) in [6.45, 7) is 2.04. The van der Waals surface area contributed by atoms with Gasteiger partial charge in [-0.15, -0.1) is 0 Å². The molecule has 1 aliphatic rings. The zero-order chi connectivity index (χ0) is 18.4. The van der Waals surface area contributed by atoms with Crippen molar-refractivity contribution in [3.63, 3.8) is 0 Å². The SMILES string of the molecule is O=C(Cc1ccc(Cl)cc1)NCc1cccc(NC(=O)N2CCCC2)c1. The highest BCUT2D eigenvalue weighted by Crippen LogP contribution is 2.14. The first kappa shape index (κ1) is 18.3. The Balaban J connectivity index is 1.50. The predicted molar refractivity (Wildman–Crippen MR) is 103 cm³/mol. The number of likely N-dealkylation sites (tertiary alicyclic amines) is 1. The molecule has 0 spiro atoms. The van der Waals surface area contributed by atoms with Gasteiger partial charge in [-0.25, -0.2) is 4.79 Å². The number of anilines is 1. The van der Waals surface area contributed by atoms with Gasteiger partial charge in [0.1, 0.15) is 0 Å². The van der Waals surface area contributed by atoms with Crippen LogP contribution in [0.3, 0.4) is 0 Å². The Morgan fingerprint density at radius 2 is 1.73 bits per heavy atom. The molecule has 2 aromatic rings. The number of amides is 3. The van der Waals surface area contributed by atoms with E-state index >= 15 is 0 Å². The van der Waals surface area contributed by atoms with E-state index in [1.165, 1.54) is 0 Å². The first-order chi connectivity index (χ1) is 12.6. The molecular formula is C20H22ClN3O2. The lowest BCUT2D eigenvalue weighted by Crippen LogP contribution is -2.32. The molecule has 0 radical (unpaired) electrons. The summed E-state index contributed by atoms with van der Waals surface area (Å²) >= 11 is 5.85. The van der Waals surface area contributed by atoms with Gasteiger partial charge in [0.15, 0.2) is 0 Å². The number of halogens is 1. The van der Waals surface area contributed by atoms with Crippen molar-refractivity contribution in [2.24, 2.45) is 0 Å². The van der Waals surface area contributed by atoms with E-state index in [9.17, 15) is 9.59 Å². The molecule has 6 heteroatoms. The van der Waals surface area contributed by atoms with Crippen molar-refractivity contribution in [2.45, 2.75) is 25.8 Å². The van der Waals surface area contributed by atoms with E-state index in [-0.39, 0.29) is 11.9 Å². The largest absolute Gasteiger partial charge is 0.352 e. The van der Waals surface area contributed by atoms with E-state index in [1.54, 1.807) is 12.1 Å². The van der Waals surface area contributed by atoms with Crippen LogP contribution in [-0.4, -0.2) is 29.9 Å². The fourth-order valence-electron chi connectivity index (χ4n) is 2.93. The molecule has 136 valence electrons. The molecule has 2 aromatic carbocycles. The Hall–Kier alpha value is -2.53. The Kier molecular flexibility index (Phi) is 6.12. The molecule has 3 amide bonds. The van der Waals surface area contributed by atoms with Crippen LogP contribution in [0.1, 0.15) is 24.0 Å². The van der Waals surface area contributed by atoms with Gasteiger partial charge in [0.2, 0.25) is 5.91 Å². The summed E-state index contributed by atoms with van der Waals surface area (Å²) in [5.74, 6) is -0.0566. The van der Waals surface area contributed by atoms with Crippen LogP contribution in [0.4, 0.5) is 10.5 Å². The lowest BCUT2D eigenvalue weighted by atomic mass is 10.1. The molecular weight excluding hydrogens is 350 g/mol. The average molecular weight is 372 g/mol. The lowest BCUT2D eigenvalue weighted by molar-refractivity contribution is -0.120. The monoisotopic (exact) mass is 371 g/mol. The summed E-state index contributed by atoms with van der Waals surface area (Å²) in [5, 5.41) is 6.48. The molecule has 0 atom stereocenters. The highest BCUT2D eigenvalue weighted by Gasteiger charge is 2.17. The summed E-state index contributed by atoms with van der Waals surface area (Å²) in [6, 6.07) is 14.7. The third-order valence-electron chi connectivity index (χ3n) is 4.34. The van der Waals surface area contributed by atoms with Gasteiger partial charge in [0, 0.05) is 30.3 Å². The molecule has 0 unspecified atom stereocenters. The van der Waals surface area contributed by atoms with Crippen molar-refractivity contribution in [1.29, 1.82) is 0 Å². The Morgan fingerprint density at radius 1 is 1.00 bits per heavy atom. The molecule has 2 N–H and O–H groups in total. The third-order valence-corrected chi connectivity index (χ3v) is 4.59. The van der Waals surface area contributed by atoms with Crippen LogP contribution >= 0.6 is 11.6 Å². The third kappa shape index (κ3) is 5.23. The van der Waals surface area contributed by atoms with Crippen LogP contribution < -0.4 is 10.6 Å². The summed E-state index contributed by atoms with van der Waals surface area (Å²) in [6.07, 6.45) is 2.43. The molecule has 1 aliphatic heterocycles. The molecule has 0 aliphatic carbocycles. The number of urea groups is 1. The number of nitrogens with one attached hydrogen (secondary N) is 2. The maximum absolute atomic E-state index is 12.2. The van der Waals surface area contributed by atoms with Gasteiger partial charge in [0.05, 0.1) is 6.42 Å². The fraction of sp³-hybridized carbons (Fsp3) is 0.300. The van der Waals surface area contributed by atoms with Crippen molar-refractivity contribution < 1.29 is 9.59 Å². The molecule has 5 nitrogen and oxygen atoms in total. The molecule has 3 rings (SSSR count). The van der Waals surface area contributed by atoms with E-state index in [1.807, 2.05) is 41.3 Å². The summed E-state index contributed by atoms with van der Waals surface area (Å²) in [5.41, 5.74) is 2.60. The molecule has 26 heavy (non-hydrogen) atoms. The number of carbonyl (C=O) groups is 2. The maximum atomic E-state index is 12.2. The molecule has 1 heterocycles. The zero-order valence-electron chi connectivity index (χ0n) is 14.5. The highest BCUT2D eigenvalue weighted by molar-refractivity contribution is 6.30. The summed E-state index contributed by atoms with van der Waals surface area (Å²) < 4.78 is 0. The lowest BCUT2D eigenvalue weighted by Gasteiger charge is -2.16. The number of rotatable bonds is 5. The maximum Gasteiger partial charge on any atom is 0.321 e. The Labute approximate surface area is 158 Å². The minimum Gasteiger partial charge on any atom is -0.352 e. The van der Waals surface area contributed by atoms with Gasteiger partial charge in [-0.2, -0.15) is 0 Å². The number of hydrogen-bond acceptors (Lipinski definition) is 2. The first-order valence-electron chi connectivity index (χ1n) is 8.76. The van der Waals surface area contributed by atoms with Crippen molar-refractivity contribution in [3.05, 3.63) is 64.7 Å². The molecule has 1 fully saturated rings. The Morgan fingerprint density at radius 3 is 2.46 bits per heavy atom. The van der Waals surface area contributed by atoms with Crippen molar-refractivity contribution >= 4 is 29.2 Å². The highest BCUT2D eigenvalue weighted by atomic mass is 35.5. The van der Waals surface area contributed by atoms with Crippen molar-refractivity contribution in [1.82, 2.24) is 10.2 Å². The smallest absolute Gasteiger partial charge is 0.321 e. The second-order valence-corrected chi connectivity index (χ2v) is 6.84. The van der Waals surface area contributed by atoms with Gasteiger partial charge in [0.25, 0.3) is 0 Å². The normalized spacial score (nSPS) is 13.5. The number of nitrogens with zero attached hydrogens (tertiary/aromatic N) is 1. The fourth-order valence-corrected chi connectivity index (χ4v) is 3.06. The van der Waals surface area contributed by atoms with E-state index < -0.39 is 0 Å². The van der Waals surface area contributed by atoms with Crippen molar-refractivity contribution in [2.75, 3.05) is 18.4 Å². The second-order valence-electron chi connectivity index (χ2n) is 6.40. The standard InChI is InChI=1S/C20H22ClN3O2/c21-17-8-6-15(7-9-17)13-19(25)22-14-16-4-3-5-18(12-16)23-20(26)24-10-1-2-11-24/h3-9,12H,1-2,10-11,13-14H2,(H,22,25)(H,23,26). The molecule has 1 saturated heterocycles. The van der Waals surface area contributed by atoms with Crippen LogP contribution in [-0.2, 0) is 17.8 Å². The quantitative estimate of drug-likeness (QED) is 0.839.